The molecule has 0 bridgehead atoms. The summed E-state index contributed by atoms with van der Waals surface area (Å²) in [7, 11) is 0. The van der Waals surface area contributed by atoms with Gasteiger partial charge in [-0.2, -0.15) is 0 Å². The number of hydrogen-bond acceptors (Lipinski definition) is 2. The minimum absolute atomic E-state index is 0.0954. The number of amides is 2. The minimum Gasteiger partial charge on any atom is -0.342 e. The number of benzene rings is 1. The molecular formula is C14H16BrClN2O2. The second-order valence-corrected chi connectivity index (χ2v) is 5.87. The van der Waals surface area contributed by atoms with Crippen LogP contribution in [-0.4, -0.2) is 23.9 Å². The van der Waals surface area contributed by atoms with E-state index in [9.17, 15) is 9.59 Å². The standard InChI is InChI=1S/C14H16BrClN2O2/c1-3-9-14(20)18(10(4-2)13(19)17-9)11-7-5-6-8(16)12(11)15/h5-7,9-10H,3-4H2,1-2H3,(H,17,19). The summed E-state index contributed by atoms with van der Waals surface area (Å²) in [6, 6.07) is 4.33. The highest BCUT2D eigenvalue weighted by Crippen LogP contribution is 2.35. The average Bonchev–Trinajstić information content (AvgIpc) is 2.44. The summed E-state index contributed by atoms with van der Waals surface area (Å²) in [6.45, 7) is 3.76. The third kappa shape index (κ3) is 2.56. The molecule has 1 N–H and O–H groups in total. The lowest BCUT2D eigenvalue weighted by atomic mass is 10.0. The smallest absolute Gasteiger partial charge is 0.250 e. The number of carbonyl (C=O) groups is 2. The van der Waals surface area contributed by atoms with Gasteiger partial charge in [-0.1, -0.05) is 31.5 Å². The zero-order valence-corrected chi connectivity index (χ0v) is 13.7. The number of piperazine rings is 1. The molecular weight excluding hydrogens is 344 g/mol. The van der Waals surface area contributed by atoms with E-state index in [1.165, 1.54) is 0 Å². The number of hydrogen-bond donors (Lipinski definition) is 1. The second kappa shape index (κ2) is 6.14. The molecule has 108 valence electrons. The van der Waals surface area contributed by atoms with Crippen LogP contribution < -0.4 is 10.2 Å². The molecule has 1 aromatic rings. The van der Waals surface area contributed by atoms with Gasteiger partial charge in [0.15, 0.2) is 0 Å². The molecule has 1 aliphatic heterocycles. The van der Waals surface area contributed by atoms with Gasteiger partial charge in [0.25, 0.3) is 0 Å². The van der Waals surface area contributed by atoms with Gasteiger partial charge in [0, 0.05) is 0 Å². The van der Waals surface area contributed by atoms with E-state index in [4.69, 9.17) is 11.6 Å². The Bertz CT molecular complexity index is 550. The van der Waals surface area contributed by atoms with Gasteiger partial charge in [-0.05, 0) is 40.9 Å². The Hall–Kier alpha value is -1.07. The lowest BCUT2D eigenvalue weighted by molar-refractivity contribution is -0.134. The van der Waals surface area contributed by atoms with Gasteiger partial charge < -0.3 is 5.32 Å². The van der Waals surface area contributed by atoms with Crippen molar-refractivity contribution in [2.45, 2.75) is 38.8 Å². The van der Waals surface area contributed by atoms with Crippen molar-refractivity contribution in [3.63, 3.8) is 0 Å². The fraction of sp³-hybridized carbons (Fsp3) is 0.429. The van der Waals surface area contributed by atoms with Gasteiger partial charge >= 0.3 is 0 Å². The van der Waals surface area contributed by atoms with E-state index in [0.717, 1.165) is 0 Å². The second-order valence-electron chi connectivity index (χ2n) is 4.67. The van der Waals surface area contributed by atoms with Crippen LogP contribution in [0.25, 0.3) is 0 Å². The fourth-order valence-corrected chi connectivity index (χ4v) is 3.00. The Balaban J connectivity index is 2.51. The Morgan fingerprint density at radius 3 is 2.60 bits per heavy atom. The average molecular weight is 360 g/mol. The van der Waals surface area contributed by atoms with E-state index >= 15 is 0 Å². The zero-order chi connectivity index (χ0) is 14.9. The Kier molecular flexibility index (Phi) is 4.70. The van der Waals surface area contributed by atoms with Crippen molar-refractivity contribution in [3.05, 3.63) is 27.7 Å². The molecule has 0 aromatic heterocycles. The van der Waals surface area contributed by atoms with Gasteiger partial charge in [0.05, 0.1) is 15.2 Å². The molecule has 1 fully saturated rings. The summed E-state index contributed by atoms with van der Waals surface area (Å²) in [5.41, 5.74) is 0.641. The van der Waals surface area contributed by atoms with Crippen LogP contribution in [0.5, 0.6) is 0 Å². The number of rotatable bonds is 3. The molecule has 1 aliphatic rings. The van der Waals surface area contributed by atoms with E-state index in [2.05, 4.69) is 21.2 Å². The van der Waals surface area contributed by atoms with Gasteiger partial charge in [-0.25, -0.2) is 0 Å². The summed E-state index contributed by atoms with van der Waals surface area (Å²) in [4.78, 5) is 26.3. The molecule has 2 atom stereocenters. The molecule has 0 radical (unpaired) electrons. The normalized spacial score (nSPS) is 22.9. The van der Waals surface area contributed by atoms with Crippen LogP contribution in [-0.2, 0) is 9.59 Å². The Morgan fingerprint density at radius 2 is 2.00 bits per heavy atom. The predicted octanol–water partition coefficient (Wildman–Crippen LogP) is 3.12. The number of nitrogens with one attached hydrogen (secondary N) is 1. The van der Waals surface area contributed by atoms with Gasteiger partial charge in [-0.3, -0.25) is 14.5 Å². The molecule has 0 spiro atoms. The van der Waals surface area contributed by atoms with Crippen LogP contribution in [0.4, 0.5) is 5.69 Å². The van der Waals surface area contributed by atoms with Crippen molar-refractivity contribution >= 4 is 45.0 Å². The highest BCUT2D eigenvalue weighted by molar-refractivity contribution is 9.10. The maximum Gasteiger partial charge on any atom is 0.250 e. The highest BCUT2D eigenvalue weighted by Gasteiger charge is 2.40. The van der Waals surface area contributed by atoms with Gasteiger partial charge in [0.2, 0.25) is 11.8 Å². The molecule has 1 heterocycles. The van der Waals surface area contributed by atoms with Crippen LogP contribution in [0, 0.1) is 0 Å². The van der Waals surface area contributed by atoms with Crippen molar-refractivity contribution in [2.75, 3.05) is 4.90 Å². The van der Waals surface area contributed by atoms with Gasteiger partial charge in [-0.15, -0.1) is 0 Å². The number of nitrogens with zero attached hydrogens (tertiary/aromatic N) is 1. The van der Waals surface area contributed by atoms with E-state index < -0.39 is 12.1 Å². The first-order valence-corrected chi connectivity index (χ1v) is 7.75. The first kappa shape index (κ1) is 15.3. The summed E-state index contributed by atoms with van der Waals surface area (Å²) >= 11 is 9.50. The monoisotopic (exact) mass is 358 g/mol. The minimum atomic E-state index is -0.500. The van der Waals surface area contributed by atoms with Gasteiger partial charge in [0.1, 0.15) is 12.1 Å². The van der Waals surface area contributed by atoms with Crippen LogP contribution in [0.1, 0.15) is 26.7 Å². The Morgan fingerprint density at radius 1 is 1.30 bits per heavy atom. The zero-order valence-electron chi connectivity index (χ0n) is 11.3. The quantitative estimate of drug-likeness (QED) is 0.901. The molecule has 4 nitrogen and oxygen atoms in total. The van der Waals surface area contributed by atoms with Crippen molar-refractivity contribution in [3.8, 4) is 0 Å². The summed E-state index contributed by atoms with van der Waals surface area (Å²) < 4.78 is 0.637. The first-order valence-electron chi connectivity index (χ1n) is 6.58. The van der Waals surface area contributed by atoms with Crippen molar-refractivity contribution in [1.82, 2.24) is 5.32 Å². The SMILES string of the molecule is CCC1NC(=O)C(CC)N(c2cccc(Cl)c2Br)C1=O. The number of halogens is 2. The van der Waals surface area contributed by atoms with Crippen LogP contribution in [0.2, 0.25) is 5.02 Å². The lowest BCUT2D eigenvalue weighted by Crippen LogP contribution is -2.63. The van der Waals surface area contributed by atoms with E-state index in [-0.39, 0.29) is 11.8 Å². The number of anilines is 1. The molecule has 0 saturated carbocycles. The van der Waals surface area contributed by atoms with Crippen LogP contribution in [0.15, 0.2) is 22.7 Å². The first-order chi connectivity index (χ1) is 9.51. The molecule has 1 saturated heterocycles. The molecule has 2 unspecified atom stereocenters. The van der Waals surface area contributed by atoms with E-state index in [0.29, 0.717) is 28.0 Å². The largest absolute Gasteiger partial charge is 0.342 e. The van der Waals surface area contributed by atoms with E-state index in [1.54, 1.807) is 23.1 Å². The van der Waals surface area contributed by atoms with Crippen molar-refractivity contribution in [1.29, 1.82) is 0 Å². The maximum absolute atomic E-state index is 12.6. The third-order valence-electron chi connectivity index (χ3n) is 3.45. The highest BCUT2D eigenvalue weighted by atomic mass is 79.9. The van der Waals surface area contributed by atoms with Crippen LogP contribution in [0.3, 0.4) is 0 Å². The summed E-state index contributed by atoms with van der Waals surface area (Å²) in [5.74, 6) is -0.215. The van der Waals surface area contributed by atoms with Crippen molar-refractivity contribution < 1.29 is 9.59 Å². The van der Waals surface area contributed by atoms with E-state index in [1.807, 2.05) is 13.8 Å². The molecule has 1 aromatic carbocycles. The molecule has 20 heavy (non-hydrogen) atoms. The topological polar surface area (TPSA) is 49.4 Å². The molecule has 2 amide bonds. The third-order valence-corrected chi connectivity index (χ3v) is 4.83. The molecule has 6 heteroatoms. The van der Waals surface area contributed by atoms with Crippen molar-refractivity contribution in [2.24, 2.45) is 0 Å². The molecule has 0 aliphatic carbocycles. The lowest BCUT2D eigenvalue weighted by Gasteiger charge is -2.38. The summed E-state index contributed by atoms with van der Waals surface area (Å²) in [6.07, 6.45) is 1.11. The fourth-order valence-electron chi connectivity index (χ4n) is 2.38. The van der Waals surface area contributed by atoms with Crippen LogP contribution >= 0.6 is 27.5 Å². The Labute approximate surface area is 131 Å². The summed E-state index contributed by atoms with van der Waals surface area (Å²) in [5, 5.41) is 3.29. The predicted molar refractivity (Wildman–Crippen MR) is 82.9 cm³/mol. The molecule has 2 rings (SSSR count). The number of carbonyl (C=O) groups excluding carboxylic acids is 2. The maximum atomic E-state index is 12.6.